The molecule has 0 bridgehead atoms. The van der Waals surface area contributed by atoms with E-state index in [1.54, 1.807) is 0 Å². The molecule has 0 atom stereocenters. The minimum Gasteiger partial charge on any atom is -0.411 e. The van der Waals surface area contributed by atoms with E-state index in [1.807, 2.05) is 0 Å². The third-order valence-electron chi connectivity index (χ3n) is 5.33. The van der Waals surface area contributed by atoms with E-state index < -0.39 is 0 Å². The topological polar surface area (TPSA) is 56.7 Å². The van der Waals surface area contributed by atoms with Crippen LogP contribution in [0.25, 0.3) is 0 Å². The molecule has 2 aliphatic heterocycles. The molecule has 0 unspecified atom stereocenters. The molecule has 0 saturated carbocycles. The van der Waals surface area contributed by atoms with Crippen molar-refractivity contribution in [2.24, 2.45) is 17.0 Å². The Bertz CT molecular complexity index is 405. The normalized spacial score (nSPS) is 29.9. The molecule has 0 aromatic carbocycles. The number of rotatable bonds is 2. The molecule has 23 heavy (non-hydrogen) atoms. The predicted octanol–water partition coefficient (Wildman–Crippen LogP) is 3.93. The summed E-state index contributed by atoms with van der Waals surface area (Å²) < 4.78 is 0. The largest absolute Gasteiger partial charge is 0.411 e. The van der Waals surface area contributed by atoms with E-state index >= 15 is 0 Å². The summed E-state index contributed by atoms with van der Waals surface area (Å²) in [5, 5.41) is 21.2. The van der Waals surface area contributed by atoms with E-state index in [0.29, 0.717) is 11.8 Å². The lowest BCUT2D eigenvalue weighted by molar-refractivity contribution is 0.133. The third-order valence-corrected chi connectivity index (χ3v) is 5.33. The maximum atomic E-state index is 9.86. The minimum absolute atomic E-state index is 0.0698. The summed E-state index contributed by atoms with van der Waals surface area (Å²) in [5.41, 5.74) is 1.30. The van der Waals surface area contributed by atoms with E-state index in [9.17, 15) is 5.21 Å². The highest BCUT2D eigenvalue weighted by molar-refractivity contribution is 5.89. The summed E-state index contributed by atoms with van der Waals surface area (Å²) in [7, 11) is 0. The van der Waals surface area contributed by atoms with Crippen LogP contribution in [-0.4, -0.2) is 33.1 Å². The van der Waals surface area contributed by atoms with Crippen LogP contribution in [0.2, 0.25) is 0 Å². The fourth-order valence-electron chi connectivity index (χ4n) is 5.56. The Morgan fingerprint density at radius 3 is 1.17 bits per heavy atom. The molecule has 2 saturated heterocycles. The van der Waals surface area contributed by atoms with E-state index in [2.05, 4.69) is 71.2 Å². The van der Waals surface area contributed by atoms with Crippen molar-refractivity contribution < 1.29 is 5.21 Å². The molecule has 0 aromatic heterocycles. The molecule has 0 radical (unpaired) electrons. The second-order valence-corrected chi connectivity index (χ2v) is 10.5. The van der Waals surface area contributed by atoms with Crippen LogP contribution in [0.4, 0.5) is 0 Å². The van der Waals surface area contributed by atoms with Gasteiger partial charge in [0.1, 0.15) is 0 Å². The first-order chi connectivity index (χ1) is 10.2. The van der Waals surface area contributed by atoms with E-state index in [4.69, 9.17) is 0 Å². The number of nitrogens with one attached hydrogen (secondary N) is 2. The first-order valence-electron chi connectivity index (χ1n) is 9.05. The van der Waals surface area contributed by atoms with Crippen molar-refractivity contribution in [2.75, 3.05) is 0 Å². The van der Waals surface area contributed by atoms with Gasteiger partial charge in [0.25, 0.3) is 0 Å². The molecule has 2 fully saturated rings. The molecule has 2 aliphatic rings. The Kier molecular flexibility index (Phi) is 4.67. The average Bonchev–Trinajstić information content (AvgIpc) is 2.20. The van der Waals surface area contributed by atoms with Gasteiger partial charge in [-0.3, -0.25) is 0 Å². The number of hydrogen-bond acceptors (Lipinski definition) is 4. The van der Waals surface area contributed by atoms with Crippen LogP contribution in [0, 0.1) is 11.8 Å². The first-order valence-corrected chi connectivity index (χ1v) is 9.05. The van der Waals surface area contributed by atoms with Crippen molar-refractivity contribution in [1.29, 1.82) is 0 Å². The van der Waals surface area contributed by atoms with Crippen molar-refractivity contribution in [3.63, 3.8) is 0 Å². The Morgan fingerprint density at radius 1 is 0.696 bits per heavy atom. The zero-order valence-corrected chi connectivity index (χ0v) is 16.4. The Balaban J connectivity index is 2.26. The molecule has 2 heterocycles. The van der Waals surface area contributed by atoms with E-state index in [-0.39, 0.29) is 22.2 Å². The lowest BCUT2D eigenvalue weighted by Gasteiger charge is -2.50. The van der Waals surface area contributed by atoms with Crippen molar-refractivity contribution in [3.05, 3.63) is 0 Å². The molecule has 0 aliphatic carbocycles. The second kappa shape index (κ2) is 5.73. The standard InChI is InChI=1S/C19H37N3O/c1-16(2)9-13(10-17(3,4)21-16)15(20-23)14-11-18(5,6)22-19(7,8)12-14/h13-14,21-23H,9-12H2,1-8H3. The summed E-state index contributed by atoms with van der Waals surface area (Å²) in [4.78, 5) is 0. The van der Waals surface area contributed by atoms with Crippen LogP contribution in [0.1, 0.15) is 81.1 Å². The fraction of sp³-hybridized carbons (Fsp3) is 0.947. The lowest BCUT2D eigenvalue weighted by atomic mass is 9.67. The van der Waals surface area contributed by atoms with Crippen LogP contribution in [0.3, 0.4) is 0 Å². The second-order valence-electron chi connectivity index (χ2n) is 10.5. The molecule has 4 nitrogen and oxygen atoms in total. The fourth-order valence-corrected chi connectivity index (χ4v) is 5.56. The van der Waals surface area contributed by atoms with Crippen molar-refractivity contribution >= 4 is 5.71 Å². The highest BCUT2D eigenvalue weighted by Gasteiger charge is 2.45. The first kappa shape index (κ1) is 18.7. The Morgan fingerprint density at radius 2 is 0.957 bits per heavy atom. The maximum absolute atomic E-state index is 9.86. The molecule has 3 N–H and O–H groups in total. The molecular formula is C19H37N3O. The summed E-state index contributed by atoms with van der Waals surface area (Å²) >= 11 is 0. The van der Waals surface area contributed by atoms with Crippen LogP contribution in [0.5, 0.6) is 0 Å². The Labute approximate surface area is 142 Å². The summed E-state index contributed by atoms with van der Waals surface area (Å²) in [6, 6.07) is 0. The SMILES string of the molecule is CC1(C)CC(C(=NO)C2CC(C)(C)NC(C)(C)C2)CC(C)(C)N1. The van der Waals surface area contributed by atoms with Crippen molar-refractivity contribution in [2.45, 2.75) is 103 Å². The minimum atomic E-state index is 0.0698. The van der Waals surface area contributed by atoms with Crippen LogP contribution < -0.4 is 10.6 Å². The maximum Gasteiger partial charge on any atom is 0.0635 e. The van der Waals surface area contributed by atoms with Crippen molar-refractivity contribution in [3.8, 4) is 0 Å². The quantitative estimate of drug-likeness (QED) is 0.410. The van der Waals surface area contributed by atoms with Gasteiger partial charge in [0.2, 0.25) is 0 Å². The van der Waals surface area contributed by atoms with Gasteiger partial charge in [-0.2, -0.15) is 0 Å². The zero-order chi connectivity index (χ0) is 17.7. The third kappa shape index (κ3) is 4.69. The highest BCUT2D eigenvalue weighted by Crippen LogP contribution is 2.40. The molecule has 2 rings (SSSR count). The van der Waals surface area contributed by atoms with Crippen LogP contribution >= 0.6 is 0 Å². The number of oxime groups is 1. The monoisotopic (exact) mass is 323 g/mol. The van der Waals surface area contributed by atoms with Gasteiger partial charge in [-0.05, 0) is 81.1 Å². The molecule has 0 amide bonds. The predicted molar refractivity (Wildman–Crippen MR) is 97.3 cm³/mol. The number of nitrogens with zero attached hydrogens (tertiary/aromatic N) is 1. The van der Waals surface area contributed by atoms with Crippen LogP contribution in [0.15, 0.2) is 5.16 Å². The molecule has 4 heteroatoms. The van der Waals surface area contributed by atoms with Gasteiger partial charge < -0.3 is 15.8 Å². The molecule has 0 spiro atoms. The average molecular weight is 324 g/mol. The smallest absolute Gasteiger partial charge is 0.0635 e. The summed E-state index contributed by atoms with van der Waals surface area (Å²) in [5.74, 6) is 0.696. The number of piperidine rings is 2. The van der Waals surface area contributed by atoms with Gasteiger partial charge in [0.15, 0.2) is 0 Å². The molecule has 134 valence electrons. The molecular weight excluding hydrogens is 286 g/mol. The molecule has 0 aromatic rings. The lowest BCUT2D eigenvalue weighted by Crippen LogP contribution is -2.61. The van der Waals surface area contributed by atoms with Gasteiger partial charge in [0, 0.05) is 34.0 Å². The summed E-state index contributed by atoms with van der Waals surface area (Å²) in [6.45, 7) is 18.0. The van der Waals surface area contributed by atoms with Gasteiger partial charge in [0.05, 0.1) is 5.71 Å². The number of hydrogen-bond donors (Lipinski definition) is 3. The van der Waals surface area contributed by atoms with Gasteiger partial charge in [-0.1, -0.05) is 5.16 Å². The summed E-state index contributed by atoms with van der Waals surface area (Å²) in [6.07, 6.45) is 4.11. The van der Waals surface area contributed by atoms with Gasteiger partial charge in [-0.25, -0.2) is 0 Å². The van der Waals surface area contributed by atoms with E-state index in [0.717, 1.165) is 31.4 Å². The van der Waals surface area contributed by atoms with Gasteiger partial charge >= 0.3 is 0 Å². The van der Waals surface area contributed by atoms with E-state index in [1.165, 1.54) is 0 Å². The van der Waals surface area contributed by atoms with Gasteiger partial charge in [-0.15, -0.1) is 0 Å². The highest BCUT2D eigenvalue weighted by atomic mass is 16.4. The van der Waals surface area contributed by atoms with Crippen LogP contribution in [-0.2, 0) is 0 Å². The zero-order valence-electron chi connectivity index (χ0n) is 16.4. The van der Waals surface area contributed by atoms with Crippen molar-refractivity contribution in [1.82, 2.24) is 10.6 Å². The Hall–Kier alpha value is -0.610.